The predicted octanol–water partition coefficient (Wildman–Crippen LogP) is 7.69. The second kappa shape index (κ2) is 16.1. The number of fused-ring (bicyclic) bond motifs is 5. The molecule has 0 amide bonds. The van der Waals surface area contributed by atoms with Crippen molar-refractivity contribution >= 4 is 14.4 Å². The van der Waals surface area contributed by atoms with Crippen LogP contribution >= 0.6 is 0 Å². The van der Waals surface area contributed by atoms with E-state index in [1.807, 2.05) is 0 Å². The second-order valence-corrected chi connectivity index (χ2v) is 20.8. The van der Waals surface area contributed by atoms with Crippen LogP contribution in [0.1, 0.15) is 136 Å². The molecule has 0 radical (unpaired) electrons. The Kier molecular flexibility index (Phi) is 12.0. The Morgan fingerprint density at radius 3 is 1.67 bits per heavy atom. The summed E-state index contributed by atoms with van der Waals surface area (Å²) in [5.74, 6) is 4.14. The molecular formula is C55H58Cl2Zr-2. The third-order valence-electron chi connectivity index (χ3n) is 14.9. The van der Waals surface area contributed by atoms with E-state index in [2.05, 4.69) is 171 Å². The van der Waals surface area contributed by atoms with E-state index in [1.54, 1.807) is 12.0 Å². The maximum atomic E-state index is 3.65. The fourth-order valence-corrected chi connectivity index (χ4v) is 13.0. The number of allylic oxidation sites excluding steroid dienone is 4. The van der Waals surface area contributed by atoms with Gasteiger partial charge in [0.25, 0.3) is 0 Å². The van der Waals surface area contributed by atoms with Crippen molar-refractivity contribution < 1.29 is 49.0 Å². The molecule has 4 bridgehead atoms. The van der Waals surface area contributed by atoms with Crippen LogP contribution in [0.5, 0.6) is 0 Å². The normalized spacial score (nSPS) is 25.2. The minimum absolute atomic E-state index is 0. The number of hydrogen-bond donors (Lipinski definition) is 0. The molecule has 3 heteroatoms. The molecule has 0 nitrogen and oxygen atoms in total. The van der Waals surface area contributed by atoms with E-state index < -0.39 is 0 Å². The molecule has 0 spiro atoms. The summed E-state index contributed by atoms with van der Waals surface area (Å²) in [4.78, 5) is 0. The first-order chi connectivity index (χ1) is 26.7. The molecule has 4 saturated carbocycles. The number of aryl methyl sites for hydroxylation is 1. The molecule has 0 aliphatic heterocycles. The van der Waals surface area contributed by atoms with Crippen LogP contribution in [0.25, 0.3) is 22.3 Å². The summed E-state index contributed by atoms with van der Waals surface area (Å²) in [7, 11) is 0. The van der Waals surface area contributed by atoms with Gasteiger partial charge < -0.3 is 24.8 Å². The number of hydrogen-bond acceptors (Lipinski definition) is 0. The van der Waals surface area contributed by atoms with Gasteiger partial charge in [-0.1, -0.05) is 77.5 Å². The zero-order valence-electron chi connectivity index (χ0n) is 35.7. The van der Waals surface area contributed by atoms with Crippen LogP contribution in [0, 0.1) is 36.7 Å². The van der Waals surface area contributed by atoms with E-state index in [9.17, 15) is 0 Å². The van der Waals surface area contributed by atoms with Gasteiger partial charge in [-0.05, 0) is 114 Å². The van der Waals surface area contributed by atoms with Crippen molar-refractivity contribution in [1.29, 1.82) is 0 Å². The van der Waals surface area contributed by atoms with E-state index in [0.29, 0.717) is 5.41 Å². The molecule has 0 N–H and O–H groups in total. The molecule has 0 unspecified atom stereocenters. The van der Waals surface area contributed by atoms with Crippen LogP contribution in [-0.4, -0.2) is 3.21 Å². The SMILES string of the molecule is CC1=[C-]C(C)(C)c2cc3c(cc21)-c1cc2c(cc1C3)C(C)(C)C=C2C.Cc1cc(C2(C)C3CC4CC(C3)CC2C4)c[cH-]1.[Cl-].[Cl-].[Zr+2]=[C](c1ccccc1)c1ccccc1. The molecule has 0 aromatic heterocycles. The Morgan fingerprint density at radius 1 is 0.638 bits per heavy atom. The van der Waals surface area contributed by atoms with Gasteiger partial charge in [0.2, 0.25) is 0 Å². The number of benzene rings is 4. The molecule has 5 aromatic carbocycles. The van der Waals surface area contributed by atoms with Crippen molar-refractivity contribution in [2.75, 3.05) is 0 Å². The topological polar surface area (TPSA) is 0 Å². The van der Waals surface area contributed by atoms with Gasteiger partial charge in [0.05, 0.1) is 0 Å². The molecule has 7 aliphatic carbocycles. The average molecular weight is 881 g/mol. The summed E-state index contributed by atoms with van der Waals surface area (Å²) in [6.07, 6.45) is 14.8. The van der Waals surface area contributed by atoms with Crippen molar-refractivity contribution in [3.05, 3.63) is 171 Å². The van der Waals surface area contributed by atoms with Crippen LogP contribution in [0.4, 0.5) is 0 Å². The van der Waals surface area contributed by atoms with E-state index in [1.165, 1.54) is 125 Å². The van der Waals surface area contributed by atoms with Crippen molar-refractivity contribution in [3.8, 4) is 11.1 Å². The summed E-state index contributed by atoms with van der Waals surface area (Å²) < 4.78 is 1.42. The first-order valence-corrected chi connectivity index (χ1v) is 22.5. The number of halogens is 2. The van der Waals surface area contributed by atoms with Crippen LogP contribution < -0.4 is 24.8 Å². The van der Waals surface area contributed by atoms with Crippen LogP contribution in [0.2, 0.25) is 0 Å². The van der Waals surface area contributed by atoms with E-state index in [4.69, 9.17) is 0 Å². The molecule has 298 valence electrons. The Morgan fingerprint density at radius 2 is 1.16 bits per heavy atom. The molecule has 7 aliphatic rings. The van der Waals surface area contributed by atoms with Crippen LogP contribution in [0.15, 0.2) is 109 Å². The van der Waals surface area contributed by atoms with Gasteiger partial charge >= 0.3 is 99.2 Å². The molecule has 58 heavy (non-hydrogen) atoms. The van der Waals surface area contributed by atoms with Gasteiger partial charge in [-0.15, -0.1) is 11.6 Å². The summed E-state index contributed by atoms with van der Waals surface area (Å²) in [5.41, 5.74) is 20.8. The van der Waals surface area contributed by atoms with Crippen molar-refractivity contribution in [3.63, 3.8) is 0 Å². The Bertz CT molecular complexity index is 2250. The first-order valence-electron chi connectivity index (χ1n) is 21.3. The van der Waals surface area contributed by atoms with Crippen molar-refractivity contribution in [2.24, 2.45) is 23.7 Å². The summed E-state index contributed by atoms with van der Waals surface area (Å²) in [6, 6.07) is 38.1. The summed E-state index contributed by atoms with van der Waals surface area (Å²) >= 11 is 1.46. The molecular weight excluding hydrogens is 823 g/mol. The zero-order chi connectivity index (χ0) is 39.1. The van der Waals surface area contributed by atoms with Gasteiger partial charge in [0.15, 0.2) is 0 Å². The average Bonchev–Trinajstić information content (AvgIpc) is 3.90. The van der Waals surface area contributed by atoms with Gasteiger partial charge in [-0.3, -0.25) is 6.08 Å². The first kappa shape index (κ1) is 43.1. The summed E-state index contributed by atoms with van der Waals surface area (Å²) in [5, 5.41) is 0. The van der Waals surface area contributed by atoms with E-state index in [-0.39, 0.29) is 35.6 Å². The minimum atomic E-state index is 0. The van der Waals surface area contributed by atoms with Crippen LogP contribution in [0.3, 0.4) is 0 Å². The Hall–Kier alpha value is -2.96. The molecule has 4 fully saturated rings. The van der Waals surface area contributed by atoms with Gasteiger partial charge in [-0.2, -0.15) is 28.8 Å². The Balaban J connectivity index is 0.000000137. The van der Waals surface area contributed by atoms with Gasteiger partial charge in [0, 0.05) is 5.41 Å². The second-order valence-electron chi connectivity index (χ2n) is 19.6. The third-order valence-corrected chi connectivity index (χ3v) is 16.3. The fraction of sp³-hybridized carbons (Fsp3) is 0.382. The summed E-state index contributed by atoms with van der Waals surface area (Å²) in [6.45, 7) is 18.5. The fourth-order valence-electron chi connectivity index (χ4n) is 12.2. The Labute approximate surface area is 376 Å². The van der Waals surface area contributed by atoms with Crippen LogP contribution in [-0.2, 0) is 46.9 Å². The molecule has 12 rings (SSSR count). The number of rotatable bonds is 3. The standard InChI is InChI=1S/C25H25.C17H23.C13H10.2ClH.Zr/c1-14-12-24(3,4)22-8-16-7-17-9-23-19(15(2)13-25(23,5)6)11-21(17)20(16)10-18(14)22;1-11-3-4-14(5-11)17(2)15-7-12-6-13(9-15)10-16(17)8-12;1-3-7-12(8-4-1)11-13-9-5-2-6-10-13;;;/h8-12H,7H2,1-6H3;3-5,12-13,15-16H,6-10H2,1-2H3;1-10H;2*1H;/q2*-1;;;;+2/p-2. The van der Waals surface area contributed by atoms with Crippen molar-refractivity contribution in [1.82, 2.24) is 0 Å². The van der Waals surface area contributed by atoms with Gasteiger partial charge in [0.1, 0.15) is 0 Å². The van der Waals surface area contributed by atoms with E-state index in [0.717, 1.165) is 30.1 Å². The maximum absolute atomic E-state index is 3.65. The quantitative estimate of drug-likeness (QED) is 0.160. The molecule has 5 aromatic rings. The molecule has 0 saturated heterocycles. The molecule has 0 atom stereocenters. The van der Waals surface area contributed by atoms with Crippen molar-refractivity contribution in [2.45, 2.75) is 110 Å². The van der Waals surface area contributed by atoms with E-state index >= 15 is 0 Å². The van der Waals surface area contributed by atoms with Gasteiger partial charge in [-0.25, -0.2) is 11.6 Å². The third kappa shape index (κ3) is 7.54. The zero-order valence-corrected chi connectivity index (χ0v) is 39.7. The monoisotopic (exact) mass is 878 g/mol. The molecule has 0 heterocycles. The predicted molar refractivity (Wildman–Crippen MR) is 234 cm³/mol.